The molecule has 0 aliphatic carbocycles. The SMILES string of the molecule is CC(C)N(Cc1nccn1Cc1ccccc1C(F)(F)F)C(=O)c1ccc(F)cc1. The summed E-state index contributed by atoms with van der Waals surface area (Å²) in [7, 11) is 0. The van der Waals surface area contributed by atoms with Gasteiger partial charge in [-0.25, -0.2) is 9.37 Å². The van der Waals surface area contributed by atoms with Gasteiger partial charge in [-0.1, -0.05) is 18.2 Å². The lowest BCUT2D eigenvalue weighted by atomic mass is 10.1. The Labute approximate surface area is 171 Å². The predicted molar refractivity (Wildman–Crippen MR) is 104 cm³/mol. The Morgan fingerprint density at radius 1 is 1.10 bits per heavy atom. The number of aromatic nitrogens is 2. The quantitative estimate of drug-likeness (QED) is 0.519. The van der Waals surface area contributed by atoms with Gasteiger partial charge < -0.3 is 9.47 Å². The lowest BCUT2D eigenvalue weighted by molar-refractivity contribution is -0.138. The van der Waals surface area contributed by atoms with E-state index in [1.54, 1.807) is 21.7 Å². The van der Waals surface area contributed by atoms with Gasteiger partial charge in [-0.05, 0) is 49.7 Å². The zero-order valence-corrected chi connectivity index (χ0v) is 16.5. The summed E-state index contributed by atoms with van der Waals surface area (Å²) >= 11 is 0. The van der Waals surface area contributed by atoms with Crippen molar-refractivity contribution in [3.8, 4) is 0 Å². The second-order valence-electron chi connectivity index (χ2n) is 7.16. The smallest absolute Gasteiger partial charge is 0.329 e. The molecule has 0 radical (unpaired) electrons. The van der Waals surface area contributed by atoms with Crippen LogP contribution in [0.2, 0.25) is 0 Å². The van der Waals surface area contributed by atoms with E-state index in [9.17, 15) is 22.4 Å². The number of halogens is 4. The van der Waals surface area contributed by atoms with Crippen LogP contribution in [0.4, 0.5) is 17.6 Å². The van der Waals surface area contributed by atoms with Gasteiger partial charge in [0, 0.05) is 30.5 Å². The van der Waals surface area contributed by atoms with E-state index in [1.807, 2.05) is 13.8 Å². The normalized spacial score (nSPS) is 11.7. The lowest BCUT2D eigenvalue weighted by Gasteiger charge is -2.27. The van der Waals surface area contributed by atoms with Crippen molar-refractivity contribution >= 4 is 5.91 Å². The molecule has 1 aromatic heterocycles. The molecule has 0 aliphatic rings. The van der Waals surface area contributed by atoms with Gasteiger partial charge in [-0.2, -0.15) is 13.2 Å². The van der Waals surface area contributed by atoms with Crippen LogP contribution in [0.15, 0.2) is 60.9 Å². The highest BCUT2D eigenvalue weighted by Gasteiger charge is 2.33. The van der Waals surface area contributed by atoms with Crippen molar-refractivity contribution in [2.24, 2.45) is 0 Å². The third-order valence-corrected chi connectivity index (χ3v) is 4.75. The largest absolute Gasteiger partial charge is 0.416 e. The molecule has 0 saturated heterocycles. The van der Waals surface area contributed by atoms with E-state index in [0.717, 1.165) is 6.07 Å². The average Bonchev–Trinajstić information content (AvgIpc) is 3.12. The fraction of sp³-hybridized carbons (Fsp3) is 0.273. The van der Waals surface area contributed by atoms with E-state index in [2.05, 4.69) is 4.98 Å². The molecule has 3 aromatic rings. The van der Waals surface area contributed by atoms with Crippen molar-refractivity contribution in [2.75, 3.05) is 0 Å². The standard InChI is InChI=1S/C22H21F4N3O/c1-15(2)29(21(30)16-7-9-18(23)10-8-16)14-20-27-11-12-28(20)13-17-5-3-4-6-19(17)22(24,25)26/h3-12,15H,13-14H2,1-2H3. The number of amides is 1. The topological polar surface area (TPSA) is 38.1 Å². The summed E-state index contributed by atoms with van der Waals surface area (Å²) < 4.78 is 54.7. The zero-order chi connectivity index (χ0) is 21.9. The van der Waals surface area contributed by atoms with Crippen LogP contribution in [-0.4, -0.2) is 26.4 Å². The highest BCUT2D eigenvalue weighted by Crippen LogP contribution is 2.32. The summed E-state index contributed by atoms with van der Waals surface area (Å²) in [5.74, 6) is -0.298. The van der Waals surface area contributed by atoms with Crippen molar-refractivity contribution in [1.29, 1.82) is 0 Å². The van der Waals surface area contributed by atoms with Crippen molar-refractivity contribution in [3.05, 3.63) is 89.3 Å². The maximum atomic E-state index is 13.3. The molecule has 30 heavy (non-hydrogen) atoms. The molecule has 1 heterocycles. The van der Waals surface area contributed by atoms with Gasteiger partial charge in [0.15, 0.2) is 0 Å². The van der Waals surface area contributed by atoms with Crippen molar-refractivity contribution < 1.29 is 22.4 Å². The number of imidazole rings is 1. The summed E-state index contributed by atoms with van der Waals surface area (Å²) in [6.07, 6.45) is -1.38. The number of rotatable bonds is 6. The Bertz CT molecular complexity index is 1010. The third-order valence-electron chi connectivity index (χ3n) is 4.75. The summed E-state index contributed by atoms with van der Waals surface area (Å²) in [5, 5.41) is 0. The van der Waals surface area contributed by atoms with Crippen LogP contribution >= 0.6 is 0 Å². The number of alkyl halides is 3. The van der Waals surface area contributed by atoms with Crippen LogP contribution in [0.1, 0.15) is 41.2 Å². The minimum Gasteiger partial charge on any atom is -0.329 e. The summed E-state index contributed by atoms with van der Waals surface area (Å²) in [4.78, 5) is 18.7. The second kappa shape index (κ2) is 8.69. The summed E-state index contributed by atoms with van der Waals surface area (Å²) in [6.45, 7) is 3.73. The monoisotopic (exact) mass is 419 g/mol. The minimum absolute atomic E-state index is 0.0261. The maximum absolute atomic E-state index is 13.3. The highest BCUT2D eigenvalue weighted by molar-refractivity contribution is 5.94. The molecular formula is C22H21F4N3O. The van der Waals surface area contributed by atoms with Crippen molar-refractivity contribution in [2.45, 2.75) is 39.2 Å². The number of benzene rings is 2. The molecular weight excluding hydrogens is 398 g/mol. The van der Waals surface area contributed by atoms with Gasteiger partial charge in [0.2, 0.25) is 0 Å². The Kier molecular flexibility index (Phi) is 6.24. The van der Waals surface area contributed by atoms with Gasteiger partial charge in [0.1, 0.15) is 11.6 Å². The van der Waals surface area contributed by atoms with Crippen molar-refractivity contribution in [1.82, 2.24) is 14.5 Å². The van der Waals surface area contributed by atoms with Crippen molar-refractivity contribution in [3.63, 3.8) is 0 Å². The van der Waals surface area contributed by atoms with E-state index >= 15 is 0 Å². The molecule has 2 aromatic carbocycles. The molecule has 8 heteroatoms. The van der Waals surface area contributed by atoms with Gasteiger partial charge in [0.05, 0.1) is 12.1 Å². The first kappa shape index (κ1) is 21.5. The van der Waals surface area contributed by atoms with E-state index in [-0.39, 0.29) is 30.6 Å². The number of carbonyl (C=O) groups excluding carboxylic acids is 1. The van der Waals surface area contributed by atoms with E-state index in [4.69, 9.17) is 0 Å². The van der Waals surface area contributed by atoms with Crippen LogP contribution in [0.5, 0.6) is 0 Å². The number of hydrogen-bond donors (Lipinski definition) is 0. The predicted octanol–water partition coefficient (Wildman–Crippen LogP) is 5.14. The van der Waals surface area contributed by atoms with Gasteiger partial charge in [-0.3, -0.25) is 4.79 Å². The van der Waals surface area contributed by atoms with E-state index < -0.39 is 17.6 Å². The molecule has 1 amide bonds. The third kappa shape index (κ3) is 4.87. The lowest BCUT2D eigenvalue weighted by Crippen LogP contribution is -2.37. The second-order valence-corrected chi connectivity index (χ2v) is 7.16. The molecule has 0 atom stereocenters. The molecule has 0 fully saturated rings. The average molecular weight is 419 g/mol. The molecule has 4 nitrogen and oxygen atoms in total. The zero-order valence-electron chi connectivity index (χ0n) is 16.5. The number of carbonyl (C=O) groups is 1. The Balaban J connectivity index is 1.85. The van der Waals surface area contributed by atoms with Gasteiger partial charge in [0.25, 0.3) is 5.91 Å². The van der Waals surface area contributed by atoms with Crippen LogP contribution in [0.25, 0.3) is 0 Å². The molecule has 0 aliphatic heterocycles. The van der Waals surface area contributed by atoms with E-state index in [0.29, 0.717) is 11.4 Å². The Morgan fingerprint density at radius 2 is 1.77 bits per heavy atom. The maximum Gasteiger partial charge on any atom is 0.416 e. The van der Waals surface area contributed by atoms with Crippen LogP contribution in [-0.2, 0) is 19.3 Å². The van der Waals surface area contributed by atoms with Crippen LogP contribution in [0.3, 0.4) is 0 Å². The van der Waals surface area contributed by atoms with Gasteiger partial charge in [-0.15, -0.1) is 0 Å². The summed E-state index contributed by atoms with van der Waals surface area (Å²) in [5.41, 5.74) is -0.261. The molecule has 0 saturated carbocycles. The molecule has 0 N–H and O–H groups in total. The Morgan fingerprint density at radius 3 is 2.40 bits per heavy atom. The fourth-order valence-corrected chi connectivity index (χ4v) is 3.15. The first-order valence-corrected chi connectivity index (χ1v) is 9.38. The fourth-order valence-electron chi connectivity index (χ4n) is 3.15. The highest BCUT2D eigenvalue weighted by atomic mass is 19.4. The first-order valence-electron chi connectivity index (χ1n) is 9.38. The van der Waals surface area contributed by atoms with Gasteiger partial charge >= 0.3 is 6.18 Å². The molecule has 158 valence electrons. The Hall–Kier alpha value is -3.16. The van der Waals surface area contributed by atoms with E-state index in [1.165, 1.54) is 42.6 Å². The van der Waals surface area contributed by atoms with Crippen LogP contribution in [0, 0.1) is 5.82 Å². The summed E-state index contributed by atoms with van der Waals surface area (Å²) in [6, 6.07) is 10.4. The molecule has 3 rings (SSSR count). The first-order chi connectivity index (χ1) is 14.2. The molecule has 0 bridgehead atoms. The number of nitrogens with zero attached hydrogens (tertiary/aromatic N) is 3. The molecule has 0 spiro atoms. The molecule has 0 unspecified atom stereocenters. The van der Waals surface area contributed by atoms with Crippen LogP contribution < -0.4 is 0 Å². The minimum atomic E-state index is -4.46. The number of hydrogen-bond acceptors (Lipinski definition) is 2.